The first kappa shape index (κ1) is 20.9. The lowest BCUT2D eigenvalue weighted by Gasteiger charge is -2.11. The molecule has 152 valence electrons. The van der Waals surface area contributed by atoms with Crippen molar-refractivity contribution < 1.29 is 13.2 Å². The Morgan fingerprint density at radius 1 is 1.10 bits per heavy atom. The van der Waals surface area contributed by atoms with Crippen LogP contribution >= 0.6 is 11.6 Å². The summed E-state index contributed by atoms with van der Waals surface area (Å²) in [6.45, 7) is 5.69. The van der Waals surface area contributed by atoms with Crippen LogP contribution in [0.3, 0.4) is 0 Å². The van der Waals surface area contributed by atoms with Gasteiger partial charge < -0.3 is 5.32 Å². The van der Waals surface area contributed by atoms with Crippen molar-refractivity contribution in [2.75, 3.05) is 10.0 Å². The van der Waals surface area contributed by atoms with Crippen LogP contribution < -0.4 is 10.0 Å². The van der Waals surface area contributed by atoms with Crippen LogP contribution in [0.2, 0.25) is 5.02 Å². The van der Waals surface area contributed by atoms with E-state index >= 15 is 0 Å². The van der Waals surface area contributed by atoms with E-state index in [1.165, 1.54) is 12.1 Å². The number of sulfonamides is 1. The molecule has 3 rings (SSSR count). The lowest BCUT2D eigenvalue weighted by molar-refractivity contribution is 0.102. The summed E-state index contributed by atoms with van der Waals surface area (Å²) in [5.41, 5.74) is 2.26. The van der Waals surface area contributed by atoms with E-state index in [0.29, 0.717) is 28.0 Å². The van der Waals surface area contributed by atoms with Gasteiger partial charge in [-0.1, -0.05) is 37.6 Å². The van der Waals surface area contributed by atoms with Gasteiger partial charge in [0.25, 0.3) is 15.9 Å². The third-order valence-electron chi connectivity index (χ3n) is 4.30. The van der Waals surface area contributed by atoms with Crippen molar-refractivity contribution in [1.29, 1.82) is 0 Å². The Bertz CT molecular complexity index is 1140. The lowest BCUT2D eigenvalue weighted by Crippen LogP contribution is -2.20. The largest absolute Gasteiger partial charge is 0.322 e. The van der Waals surface area contributed by atoms with Gasteiger partial charge in [-0.15, -0.1) is 0 Å². The molecule has 0 fully saturated rings. The van der Waals surface area contributed by atoms with Gasteiger partial charge in [-0.05, 0) is 54.8 Å². The third-order valence-corrected chi connectivity index (χ3v) is 5.86. The molecule has 1 aromatic heterocycles. The maximum atomic E-state index is 12.9. The molecule has 2 aromatic carbocycles. The fourth-order valence-corrected chi connectivity index (χ4v) is 4.11. The Balaban J connectivity index is 1.89. The first-order valence-electron chi connectivity index (χ1n) is 8.92. The zero-order chi connectivity index (χ0) is 21.2. The van der Waals surface area contributed by atoms with E-state index in [1.54, 1.807) is 25.1 Å². The molecule has 1 amide bonds. The van der Waals surface area contributed by atoms with Crippen molar-refractivity contribution in [3.8, 4) is 0 Å². The van der Waals surface area contributed by atoms with E-state index in [9.17, 15) is 13.2 Å². The Hall–Kier alpha value is -2.84. The van der Waals surface area contributed by atoms with Crippen molar-refractivity contribution in [1.82, 2.24) is 10.2 Å². The third kappa shape index (κ3) is 4.78. The summed E-state index contributed by atoms with van der Waals surface area (Å²) >= 11 is 5.83. The number of rotatable bonds is 6. The summed E-state index contributed by atoms with van der Waals surface area (Å²) in [7, 11) is -4.09. The molecule has 0 aliphatic heterocycles. The van der Waals surface area contributed by atoms with Gasteiger partial charge in [0.15, 0.2) is 0 Å². The predicted octanol–water partition coefficient (Wildman–Crippen LogP) is 4.55. The summed E-state index contributed by atoms with van der Waals surface area (Å²) in [4.78, 5) is 12.9. The van der Waals surface area contributed by atoms with Crippen LogP contribution in [0.5, 0.6) is 0 Å². The maximum Gasteiger partial charge on any atom is 0.282 e. The molecule has 9 heteroatoms. The van der Waals surface area contributed by atoms with E-state index < -0.39 is 15.9 Å². The average molecular weight is 433 g/mol. The average Bonchev–Trinajstić information content (AvgIpc) is 3.06. The molecule has 0 aliphatic carbocycles. The number of nitrogens with one attached hydrogen (secondary N) is 3. The Kier molecular flexibility index (Phi) is 5.95. The molecule has 7 nitrogen and oxygen atoms in total. The quantitative estimate of drug-likeness (QED) is 0.531. The molecule has 0 saturated heterocycles. The number of carbonyl (C=O) groups excluding carboxylic acids is 1. The van der Waals surface area contributed by atoms with Gasteiger partial charge in [0, 0.05) is 22.1 Å². The van der Waals surface area contributed by atoms with E-state index in [1.807, 2.05) is 32.0 Å². The molecule has 3 N–H and O–H groups in total. The number of aryl methyl sites for hydroxylation is 1. The van der Waals surface area contributed by atoms with Crippen LogP contribution in [-0.4, -0.2) is 24.5 Å². The molecule has 0 aliphatic rings. The topological polar surface area (TPSA) is 104 Å². The molecule has 29 heavy (non-hydrogen) atoms. The number of H-pyrrole nitrogens is 1. The van der Waals surface area contributed by atoms with E-state index in [4.69, 9.17) is 11.6 Å². The summed E-state index contributed by atoms with van der Waals surface area (Å²) in [5.74, 6) is -0.268. The smallest absolute Gasteiger partial charge is 0.282 e. The summed E-state index contributed by atoms with van der Waals surface area (Å²) in [6, 6.07) is 13.6. The van der Waals surface area contributed by atoms with Crippen molar-refractivity contribution in [2.24, 2.45) is 0 Å². The van der Waals surface area contributed by atoms with Crippen molar-refractivity contribution in [2.45, 2.75) is 31.7 Å². The van der Waals surface area contributed by atoms with Crippen LogP contribution in [0.4, 0.5) is 11.4 Å². The number of aromatic amines is 1. The highest BCUT2D eigenvalue weighted by Gasteiger charge is 2.28. The second-order valence-electron chi connectivity index (χ2n) is 6.88. The second-order valence-corrected chi connectivity index (χ2v) is 8.91. The van der Waals surface area contributed by atoms with Gasteiger partial charge >= 0.3 is 0 Å². The first-order valence-corrected chi connectivity index (χ1v) is 10.8. The number of aromatic nitrogens is 2. The molecule has 0 radical (unpaired) electrons. The second kappa shape index (κ2) is 8.26. The normalized spacial score (nSPS) is 11.5. The van der Waals surface area contributed by atoms with E-state index in [0.717, 1.165) is 5.56 Å². The number of carbonyl (C=O) groups is 1. The maximum absolute atomic E-state index is 12.9. The van der Waals surface area contributed by atoms with Crippen LogP contribution in [0, 0.1) is 6.92 Å². The fraction of sp³-hybridized carbons (Fsp3) is 0.200. The van der Waals surface area contributed by atoms with Gasteiger partial charge in [0.2, 0.25) is 5.03 Å². The number of halogens is 1. The molecule has 0 unspecified atom stereocenters. The van der Waals surface area contributed by atoms with Crippen LogP contribution in [0.15, 0.2) is 53.6 Å². The fourth-order valence-electron chi connectivity index (χ4n) is 2.76. The Morgan fingerprint density at radius 2 is 1.79 bits per heavy atom. The lowest BCUT2D eigenvalue weighted by atomic mass is 10.0. The van der Waals surface area contributed by atoms with Gasteiger partial charge in [-0.2, -0.15) is 13.5 Å². The Morgan fingerprint density at radius 3 is 2.45 bits per heavy atom. The van der Waals surface area contributed by atoms with E-state index in [-0.39, 0.29) is 10.6 Å². The summed E-state index contributed by atoms with van der Waals surface area (Å²) < 4.78 is 28.0. The van der Waals surface area contributed by atoms with Crippen molar-refractivity contribution >= 4 is 38.9 Å². The number of anilines is 2. The van der Waals surface area contributed by atoms with Crippen LogP contribution in [0.1, 0.15) is 41.4 Å². The van der Waals surface area contributed by atoms with Gasteiger partial charge in [-0.25, -0.2) is 0 Å². The first-order chi connectivity index (χ1) is 13.7. The minimum Gasteiger partial charge on any atom is -0.322 e. The predicted molar refractivity (Wildman–Crippen MR) is 114 cm³/mol. The highest BCUT2D eigenvalue weighted by atomic mass is 35.5. The minimum absolute atomic E-state index is 0.0404. The number of amides is 1. The minimum atomic E-state index is -4.09. The molecule has 0 saturated carbocycles. The molecular weight excluding hydrogens is 412 g/mol. The molecule has 1 heterocycles. The van der Waals surface area contributed by atoms with Crippen molar-refractivity contribution in [3.05, 3.63) is 70.4 Å². The van der Waals surface area contributed by atoms with Crippen molar-refractivity contribution in [3.63, 3.8) is 0 Å². The molecule has 0 bridgehead atoms. The summed E-state index contributed by atoms with van der Waals surface area (Å²) in [6.07, 6.45) is 0. The highest BCUT2D eigenvalue weighted by molar-refractivity contribution is 7.92. The van der Waals surface area contributed by atoms with Gasteiger partial charge in [0.05, 0.1) is 0 Å². The zero-order valence-electron chi connectivity index (χ0n) is 16.2. The number of hydrogen-bond acceptors (Lipinski definition) is 4. The SMILES string of the molecule is Cc1[nH]nc(S(=O)(=O)Nc2ccc(Cl)cc2)c1C(=O)Nc1cccc(C(C)C)c1. The number of nitrogens with zero attached hydrogens (tertiary/aromatic N) is 1. The number of benzene rings is 2. The molecule has 0 spiro atoms. The van der Waals surface area contributed by atoms with Gasteiger partial charge in [0.1, 0.15) is 5.56 Å². The molecule has 0 atom stereocenters. The van der Waals surface area contributed by atoms with Crippen LogP contribution in [-0.2, 0) is 10.0 Å². The van der Waals surface area contributed by atoms with Crippen LogP contribution in [0.25, 0.3) is 0 Å². The zero-order valence-corrected chi connectivity index (χ0v) is 17.7. The summed E-state index contributed by atoms with van der Waals surface area (Å²) in [5, 5.41) is 9.29. The monoisotopic (exact) mass is 432 g/mol. The molecular formula is C20H21ClN4O3S. The highest BCUT2D eigenvalue weighted by Crippen LogP contribution is 2.23. The Labute approximate surface area is 174 Å². The van der Waals surface area contributed by atoms with Gasteiger partial charge in [-0.3, -0.25) is 14.6 Å². The number of hydrogen-bond donors (Lipinski definition) is 3. The molecule has 3 aromatic rings. The standard InChI is InChI=1S/C20H21ClN4O3S/c1-12(2)14-5-4-6-17(11-14)22-19(26)18-13(3)23-24-20(18)29(27,28)25-16-9-7-15(21)8-10-16/h4-12,25H,1-3H3,(H,22,26)(H,23,24). The van der Waals surface area contributed by atoms with E-state index in [2.05, 4.69) is 20.2 Å².